The fourth-order valence-corrected chi connectivity index (χ4v) is 5.03. The highest BCUT2D eigenvalue weighted by atomic mass is 16.3. The topological polar surface area (TPSA) is 119 Å². The normalized spacial score (nSPS) is 14.5. The van der Waals surface area contributed by atoms with Crippen molar-refractivity contribution >= 4 is 28.6 Å². The van der Waals surface area contributed by atoms with Crippen LogP contribution >= 0.6 is 0 Å². The van der Waals surface area contributed by atoms with E-state index in [0.717, 1.165) is 46.1 Å². The summed E-state index contributed by atoms with van der Waals surface area (Å²) in [5.41, 5.74) is 12.7. The van der Waals surface area contributed by atoms with Crippen LogP contribution in [0.5, 0.6) is 0 Å². The Bertz CT molecular complexity index is 1600. The van der Waals surface area contributed by atoms with Crippen molar-refractivity contribution in [3.63, 3.8) is 0 Å². The molecule has 0 aliphatic carbocycles. The quantitative estimate of drug-likeness (QED) is 0.223. The Hall–Kier alpha value is -4.94. The van der Waals surface area contributed by atoms with Crippen LogP contribution < -0.4 is 10.6 Å². The third kappa shape index (κ3) is 6.51. The number of nitrogens with zero attached hydrogens (tertiary/aromatic N) is 7. The molecule has 0 radical (unpaired) electrons. The van der Waals surface area contributed by atoms with Gasteiger partial charge in [0.1, 0.15) is 17.7 Å². The number of aliphatic hydroxyl groups excluding tert-OH is 1. The van der Waals surface area contributed by atoms with Crippen molar-refractivity contribution in [1.29, 1.82) is 5.26 Å². The van der Waals surface area contributed by atoms with Gasteiger partial charge in [-0.3, -0.25) is 9.58 Å². The summed E-state index contributed by atoms with van der Waals surface area (Å²) in [6.45, 7) is 17.3. The highest BCUT2D eigenvalue weighted by molar-refractivity contribution is 6.15. The lowest BCUT2D eigenvalue weighted by molar-refractivity contribution is 0.169. The van der Waals surface area contributed by atoms with Gasteiger partial charge >= 0.3 is 0 Å². The van der Waals surface area contributed by atoms with Gasteiger partial charge in [-0.2, -0.15) is 10.4 Å². The molecule has 216 valence electrons. The first-order valence-electron chi connectivity index (χ1n) is 14.0. The van der Waals surface area contributed by atoms with E-state index < -0.39 is 6.10 Å². The predicted molar refractivity (Wildman–Crippen MR) is 171 cm³/mol. The van der Waals surface area contributed by atoms with Crippen molar-refractivity contribution in [2.75, 3.05) is 18.0 Å². The number of hydrogen-bond donors (Lipinski definition) is 2. The highest BCUT2D eigenvalue weighted by Crippen LogP contribution is 2.42. The Balaban J connectivity index is 1.87. The van der Waals surface area contributed by atoms with Gasteiger partial charge in [0.05, 0.1) is 41.5 Å². The molecule has 0 saturated heterocycles. The van der Waals surface area contributed by atoms with Gasteiger partial charge in [0.25, 0.3) is 0 Å². The molecule has 42 heavy (non-hydrogen) atoms. The molecule has 9 heteroatoms. The number of amidine groups is 1. The van der Waals surface area contributed by atoms with E-state index in [1.165, 1.54) is 0 Å². The summed E-state index contributed by atoms with van der Waals surface area (Å²) in [6.07, 6.45) is 3.88. The molecule has 1 aliphatic rings. The first-order chi connectivity index (χ1) is 20.1. The standard InChI is InChI=1S/C33H38N8O/c1-7-40-20-27(19-36-40)29-14-11-15-31-33(29)25(5)41(28-12-9-8-10-13-28)32(38-31)21-39(17-16-22(2)42)24(4)30(18-34)23(3)37-26(6)35/h8-15,19-20,22,42H,5-7,16-17,21,35H2,1-4H3/b30-24+,37-23?. The number of allylic oxidation sites excluding steroid dienone is 2. The summed E-state index contributed by atoms with van der Waals surface area (Å²) in [6, 6.07) is 18.3. The largest absolute Gasteiger partial charge is 0.393 e. The van der Waals surface area contributed by atoms with Crippen molar-refractivity contribution in [1.82, 2.24) is 14.7 Å². The number of para-hydroxylation sites is 1. The van der Waals surface area contributed by atoms with E-state index in [-0.39, 0.29) is 5.82 Å². The Morgan fingerprint density at radius 1 is 1.19 bits per heavy atom. The summed E-state index contributed by atoms with van der Waals surface area (Å²) >= 11 is 0. The van der Waals surface area contributed by atoms with Crippen LogP contribution in [0.15, 0.2) is 101 Å². The molecular weight excluding hydrogens is 524 g/mol. The summed E-state index contributed by atoms with van der Waals surface area (Å²) in [5.74, 6) is 0.865. The maximum Gasteiger partial charge on any atom is 0.133 e. The molecule has 0 bridgehead atoms. The molecule has 1 aliphatic heterocycles. The van der Waals surface area contributed by atoms with Gasteiger partial charge in [0, 0.05) is 41.8 Å². The Labute approximate surface area is 247 Å². The molecule has 1 atom stereocenters. The van der Waals surface area contributed by atoms with Crippen LogP contribution in [0, 0.1) is 11.3 Å². The number of benzene rings is 2. The lowest BCUT2D eigenvalue weighted by atomic mass is 9.96. The van der Waals surface area contributed by atoms with Crippen LogP contribution in [0.4, 0.5) is 11.4 Å². The number of anilines is 1. The van der Waals surface area contributed by atoms with Gasteiger partial charge in [-0.05, 0) is 57.9 Å². The first-order valence-corrected chi connectivity index (χ1v) is 14.0. The van der Waals surface area contributed by atoms with Crippen LogP contribution in [0.3, 0.4) is 0 Å². The van der Waals surface area contributed by atoms with E-state index in [1.807, 2.05) is 71.4 Å². The zero-order chi connectivity index (χ0) is 30.4. The van der Waals surface area contributed by atoms with Crippen molar-refractivity contribution in [3.8, 4) is 17.2 Å². The first kappa shape index (κ1) is 30.0. The Morgan fingerprint density at radius 2 is 1.93 bits per heavy atom. The highest BCUT2D eigenvalue weighted by Gasteiger charge is 2.29. The third-order valence-corrected chi connectivity index (χ3v) is 7.16. The SMILES string of the molecule is C=C(N)N=C(C)/C(C#N)=C(\C)N(CCC(C)O)CC1=Nc2cccc(-c3cnn(CC)c3)c2C(=C)N1c1ccccc1. The van der Waals surface area contributed by atoms with Crippen LogP contribution in [0.1, 0.15) is 39.7 Å². The molecular formula is C33H38N8O. The van der Waals surface area contributed by atoms with Crippen molar-refractivity contribution < 1.29 is 5.11 Å². The van der Waals surface area contributed by atoms with Gasteiger partial charge in [-0.25, -0.2) is 9.98 Å². The van der Waals surface area contributed by atoms with Gasteiger partial charge < -0.3 is 15.7 Å². The summed E-state index contributed by atoms with van der Waals surface area (Å²) in [4.78, 5) is 13.5. The molecule has 0 amide bonds. The van der Waals surface area contributed by atoms with Gasteiger partial charge in [0.2, 0.25) is 0 Å². The van der Waals surface area contributed by atoms with Gasteiger partial charge in [0.15, 0.2) is 0 Å². The van der Waals surface area contributed by atoms with Gasteiger partial charge in [-0.1, -0.05) is 43.5 Å². The van der Waals surface area contributed by atoms with E-state index in [4.69, 9.17) is 10.7 Å². The minimum Gasteiger partial charge on any atom is -0.393 e. The molecule has 3 aromatic rings. The minimum absolute atomic E-state index is 0.128. The number of aromatic nitrogens is 2. The molecule has 1 unspecified atom stereocenters. The molecule has 0 fully saturated rings. The number of aliphatic imine (C=N–C) groups is 2. The second-order valence-electron chi connectivity index (χ2n) is 10.3. The van der Waals surface area contributed by atoms with Crippen molar-refractivity contribution in [2.24, 2.45) is 15.7 Å². The fourth-order valence-electron chi connectivity index (χ4n) is 5.03. The Kier molecular flexibility index (Phi) is 9.40. The van der Waals surface area contributed by atoms with Gasteiger partial charge in [-0.15, -0.1) is 0 Å². The molecule has 4 rings (SSSR count). The fraction of sp³-hybridized carbons (Fsp3) is 0.273. The summed E-state index contributed by atoms with van der Waals surface area (Å²) in [7, 11) is 0. The van der Waals surface area contributed by atoms with Crippen LogP contribution in [0.2, 0.25) is 0 Å². The predicted octanol–water partition coefficient (Wildman–Crippen LogP) is 5.85. The maximum atomic E-state index is 10.2. The van der Waals surface area contributed by atoms with E-state index in [1.54, 1.807) is 13.8 Å². The minimum atomic E-state index is -0.523. The average Bonchev–Trinajstić information content (AvgIpc) is 3.44. The van der Waals surface area contributed by atoms with Crippen molar-refractivity contribution in [3.05, 3.63) is 96.7 Å². The lowest BCUT2D eigenvalue weighted by Gasteiger charge is -2.37. The zero-order valence-corrected chi connectivity index (χ0v) is 24.7. The zero-order valence-electron chi connectivity index (χ0n) is 24.7. The average molecular weight is 563 g/mol. The molecule has 3 N–H and O–H groups in total. The second kappa shape index (κ2) is 13.1. The number of aliphatic hydroxyl groups is 1. The smallest absolute Gasteiger partial charge is 0.133 e. The molecule has 0 spiro atoms. The van der Waals surface area contributed by atoms with Crippen molar-refractivity contribution in [2.45, 2.75) is 46.8 Å². The number of nitriles is 1. The summed E-state index contributed by atoms with van der Waals surface area (Å²) in [5, 5.41) is 24.7. The maximum absolute atomic E-state index is 10.2. The van der Waals surface area contributed by atoms with E-state index in [9.17, 15) is 10.4 Å². The molecule has 9 nitrogen and oxygen atoms in total. The number of hydrogen-bond acceptors (Lipinski definition) is 8. The lowest BCUT2D eigenvalue weighted by Crippen LogP contribution is -2.41. The Morgan fingerprint density at radius 3 is 2.55 bits per heavy atom. The van der Waals surface area contributed by atoms with Crippen LogP contribution in [0.25, 0.3) is 16.8 Å². The number of nitrogens with two attached hydrogens (primary N) is 1. The molecule has 0 saturated carbocycles. The number of aryl methyl sites for hydroxylation is 1. The number of rotatable bonds is 11. The second-order valence-corrected chi connectivity index (χ2v) is 10.3. The molecule has 1 aromatic heterocycles. The number of fused-ring (bicyclic) bond motifs is 1. The molecule has 2 aromatic carbocycles. The van der Waals surface area contributed by atoms with E-state index in [2.05, 4.69) is 47.2 Å². The van der Waals surface area contributed by atoms with E-state index in [0.29, 0.717) is 36.5 Å². The third-order valence-electron chi connectivity index (χ3n) is 7.16. The molecule has 2 heterocycles. The van der Waals surface area contributed by atoms with Crippen LogP contribution in [-0.2, 0) is 6.54 Å². The monoisotopic (exact) mass is 562 g/mol. The van der Waals surface area contributed by atoms with Crippen LogP contribution in [-0.4, -0.2) is 50.5 Å². The van der Waals surface area contributed by atoms with E-state index >= 15 is 0 Å². The summed E-state index contributed by atoms with van der Waals surface area (Å²) < 4.78 is 1.90.